The normalized spacial score (nSPS) is 14.9. The number of nitrogens with one attached hydrogen (secondary N) is 2. The predicted octanol–water partition coefficient (Wildman–Crippen LogP) is 2.96. The van der Waals surface area contributed by atoms with Crippen molar-refractivity contribution in [2.75, 3.05) is 26.7 Å². The van der Waals surface area contributed by atoms with Crippen LogP contribution in [-0.2, 0) is 17.8 Å². The molecule has 7 heteroatoms. The van der Waals surface area contributed by atoms with Gasteiger partial charge in [0.15, 0.2) is 5.96 Å². The second-order valence-corrected chi connectivity index (χ2v) is 8.26. The van der Waals surface area contributed by atoms with Gasteiger partial charge in [0.25, 0.3) is 0 Å². The number of guanidine groups is 1. The zero-order valence-electron chi connectivity index (χ0n) is 17.4. The average molecular weight is 415 g/mol. The van der Waals surface area contributed by atoms with E-state index in [2.05, 4.69) is 27.1 Å². The number of aliphatic imine (C=N–C) groups is 1. The van der Waals surface area contributed by atoms with Gasteiger partial charge >= 0.3 is 0 Å². The molecular formula is C22H30N4O2S. The maximum Gasteiger partial charge on any atom is 0.224 e. The van der Waals surface area contributed by atoms with Crippen molar-refractivity contribution >= 4 is 23.2 Å². The van der Waals surface area contributed by atoms with Gasteiger partial charge in [0.05, 0.1) is 6.54 Å². The SMILES string of the molecule is CN=C(NCCC(=O)N1CCc2sccc2C1)NCC(C)Oc1ccccc1C. The van der Waals surface area contributed by atoms with Gasteiger partial charge in [-0.25, -0.2) is 0 Å². The van der Waals surface area contributed by atoms with E-state index in [0.717, 1.165) is 30.8 Å². The Hall–Kier alpha value is -2.54. The summed E-state index contributed by atoms with van der Waals surface area (Å²) in [5, 5.41) is 8.59. The van der Waals surface area contributed by atoms with Gasteiger partial charge in [-0.1, -0.05) is 18.2 Å². The molecule has 2 heterocycles. The highest BCUT2D eigenvalue weighted by Gasteiger charge is 2.21. The minimum atomic E-state index is -0.00978. The van der Waals surface area contributed by atoms with Crippen molar-refractivity contribution in [3.05, 3.63) is 51.7 Å². The molecule has 2 N–H and O–H groups in total. The van der Waals surface area contributed by atoms with Crippen LogP contribution in [0.1, 0.15) is 29.3 Å². The molecule has 1 aliphatic heterocycles. The molecule has 0 spiro atoms. The lowest BCUT2D eigenvalue weighted by atomic mass is 10.1. The summed E-state index contributed by atoms with van der Waals surface area (Å²) in [6, 6.07) is 10.1. The molecule has 156 valence electrons. The predicted molar refractivity (Wildman–Crippen MR) is 119 cm³/mol. The summed E-state index contributed by atoms with van der Waals surface area (Å²) in [7, 11) is 1.73. The molecule has 29 heavy (non-hydrogen) atoms. The lowest BCUT2D eigenvalue weighted by Gasteiger charge is -2.27. The first-order valence-electron chi connectivity index (χ1n) is 10.1. The maximum atomic E-state index is 12.5. The van der Waals surface area contributed by atoms with Crippen molar-refractivity contribution in [3.8, 4) is 5.75 Å². The van der Waals surface area contributed by atoms with E-state index in [4.69, 9.17) is 4.74 Å². The fourth-order valence-electron chi connectivity index (χ4n) is 3.32. The number of benzene rings is 1. The first-order chi connectivity index (χ1) is 14.1. The van der Waals surface area contributed by atoms with E-state index in [1.807, 2.05) is 43.0 Å². The number of nitrogens with zero attached hydrogens (tertiary/aromatic N) is 2. The summed E-state index contributed by atoms with van der Waals surface area (Å²) in [6.07, 6.45) is 1.41. The van der Waals surface area contributed by atoms with Crippen LogP contribution in [0.2, 0.25) is 0 Å². The summed E-state index contributed by atoms with van der Waals surface area (Å²) in [4.78, 5) is 20.1. The average Bonchev–Trinajstić information content (AvgIpc) is 3.20. The Morgan fingerprint density at radius 2 is 2.14 bits per heavy atom. The number of carbonyl (C=O) groups excluding carboxylic acids is 1. The van der Waals surface area contributed by atoms with Crippen LogP contribution in [0.5, 0.6) is 5.75 Å². The molecule has 1 aromatic heterocycles. The van der Waals surface area contributed by atoms with Crippen LogP contribution < -0.4 is 15.4 Å². The number of ether oxygens (including phenoxy) is 1. The Balaban J connectivity index is 1.37. The maximum absolute atomic E-state index is 12.5. The highest BCUT2D eigenvalue weighted by Crippen LogP contribution is 2.24. The van der Waals surface area contributed by atoms with Crippen molar-refractivity contribution in [2.45, 2.75) is 39.3 Å². The third kappa shape index (κ3) is 5.97. The van der Waals surface area contributed by atoms with Gasteiger partial charge in [0.2, 0.25) is 5.91 Å². The van der Waals surface area contributed by atoms with E-state index in [1.54, 1.807) is 18.4 Å². The Morgan fingerprint density at radius 1 is 1.31 bits per heavy atom. The van der Waals surface area contributed by atoms with Gasteiger partial charge in [-0.3, -0.25) is 9.79 Å². The molecule has 1 atom stereocenters. The fraction of sp³-hybridized carbons (Fsp3) is 0.455. The molecule has 0 bridgehead atoms. The summed E-state index contributed by atoms with van der Waals surface area (Å²) in [5.74, 6) is 1.75. The van der Waals surface area contributed by atoms with E-state index in [1.165, 1.54) is 10.4 Å². The number of thiophene rings is 1. The van der Waals surface area contributed by atoms with Crippen LogP contribution >= 0.6 is 11.3 Å². The number of para-hydroxylation sites is 1. The van der Waals surface area contributed by atoms with Crippen molar-refractivity contribution in [3.63, 3.8) is 0 Å². The molecule has 0 saturated carbocycles. The van der Waals surface area contributed by atoms with E-state index >= 15 is 0 Å². The first kappa shape index (κ1) is 21.2. The monoisotopic (exact) mass is 414 g/mol. The van der Waals surface area contributed by atoms with Crippen LogP contribution in [0.15, 0.2) is 40.7 Å². The largest absolute Gasteiger partial charge is 0.489 e. The number of amides is 1. The van der Waals surface area contributed by atoms with Gasteiger partial charge in [0, 0.05) is 38.0 Å². The Labute approximate surface area is 177 Å². The fourth-order valence-corrected chi connectivity index (χ4v) is 4.21. The molecule has 6 nitrogen and oxygen atoms in total. The lowest BCUT2D eigenvalue weighted by molar-refractivity contribution is -0.131. The third-order valence-electron chi connectivity index (χ3n) is 4.99. The summed E-state index contributed by atoms with van der Waals surface area (Å²) >= 11 is 1.79. The standard InChI is InChI=1S/C22H30N4O2S/c1-16-6-4-5-7-19(16)28-17(2)14-25-22(23-3)24-11-8-21(27)26-12-9-20-18(15-26)10-13-29-20/h4-7,10,13,17H,8-9,11-12,14-15H2,1-3H3,(H2,23,24,25). The lowest BCUT2D eigenvalue weighted by Crippen LogP contribution is -2.43. The minimum Gasteiger partial charge on any atom is -0.489 e. The Kier molecular flexibility index (Phi) is 7.52. The minimum absolute atomic E-state index is 0.00978. The van der Waals surface area contributed by atoms with E-state index in [0.29, 0.717) is 25.5 Å². The number of fused-ring (bicyclic) bond motifs is 1. The smallest absolute Gasteiger partial charge is 0.224 e. The first-order valence-corrected chi connectivity index (χ1v) is 10.9. The van der Waals surface area contributed by atoms with Crippen LogP contribution in [0, 0.1) is 6.92 Å². The molecule has 0 saturated heterocycles. The van der Waals surface area contributed by atoms with Gasteiger partial charge in [-0.15, -0.1) is 11.3 Å². The second kappa shape index (κ2) is 10.3. The summed E-state index contributed by atoms with van der Waals surface area (Å²) < 4.78 is 5.98. The summed E-state index contributed by atoms with van der Waals surface area (Å²) in [6.45, 7) is 6.78. The molecule has 1 amide bonds. The highest BCUT2D eigenvalue weighted by molar-refractivity contribution is 7.10. The van der Waals surface area contributed by atoms with E-state index in [9.17, 15) is 4.79 Å². The zero-order chi connectivity index (χ0) is 20.6. The topological polar surface area (TPSA) is 66.0 Å². The quantitative estimate of drug-likeness (QED) is 0.540. The van der Waals surface area contributed by atoms with Gasteiger partial charge in [-0.05, 0) is 48.9 Å². The Morgan fingerprint density at radius 3 is 2.93 bits per heavy atom. The van der Waals surface area contributed by atoms with E-state index < -0.39 is 0 Å². The van der Waals surface area contributed by atoms with Crippen molar-refractivity contribution in [1.29, 1.82) is 0 Å². The van der Waals surface area contributed by atoms with Crippen molar-refractivity contribution < 1.29 is 9.53 Å². The van der Waals surface area contributed by atoms with Crippen LogP contribution in [0.3, 0.4) is 0 Å². The molecule has 1 unspecified atom stereocenters. The van der Waals surface area contributed by atoms with Gasteiger partial charge in [-0.2, -0.15) is 0 Å². The molecule has 0 fully saturated rings. The summed E-state index contributed by atoms with van der Waals surface area (Å²) in [5.41, 5.74) is 2.41. The Bertz CT molecular complexity index is 849. The van der Waals surface area contributed by atoms with Crippen LogP contribution in [0.25, 0.3) is 0 Å². The molecule has 2 aromatic rings. The highest BCUT2D eigenvalue weighted by atomic mass is 32.1. The van der Waals surface area contributed by atoms with Crippen LogP contribution in [-0.4, -0.2) is 49.6 Å². The van der Waals surface area contributed by atoms with Crippen LogP contribution in [0.4, 0.5) is 0 Å². The number of rotatable bonds is 7. The molecule has 1 aliphatic rings. The number of carbonyl (C=O) groups is 1. The third-order valence-corrected chi connectivity index (χ3v) is 6.02. The molecule has 0 radical (unpaired) electrons. The number of hydrogen-bond donors (Lipinski definition) is 2. The second-order valence-electron chi connectivity index (χ2n) is 7.26. The zero-order valence-corrected chi connectivity index (χ0v) is 18.2. The van der Waals surface area contributed by atoms with Crippen molar-refractivity contribution in [2.24, 2.45) is 4.99 Å². The number of aryl methyl sites for hydroxylation is 1. The van der Waals surface area contributed by atoms with Crippen molar-refractivity contribution in [1.82, 2.24) is 15.5 Å². The van der Waals surface area contributed by atoms with Gasteiger partial charge < -0.3 is 20.3 Å². The number of hydrogen-bond acceptors (Lipinski definition) is 4. The molecular weight excluding hydrogens is 384 g/mol. The van der Waals surface area contributed by atoms with E-state index in [-0.39, 0.29) is 12.0 Å². The molecule has 3 rings (SSSR count). The molecule has 0 aliphatic carbocycles. The molecule has 1 aromatic carbocycles. The van der Waals surface area contributed by atoms with Gasteiger partial charge in [0.1, 0.15) is 11.9 Å².